The zero-order valence-electron chi connectivity index (χ0n) is 9.15. The third-order valence-electron chi connectivity index (χ3n) is 2.32. The maximum absolute atomic E-state index is 11.4. The third kappa shape index (κ3) is 2.74. The second kappa shape index (κ2) is 5.18. The van der Waals surface area contributed by atoms with E-state index in [0.29, 0.717) is 17.7 Å². The Balaban J connectivity index is 2.86. The minimum atomic E-state index is -0.378. The number of rotatable bonds is 4. The number of ketones is 1. The van der Waals surface area contributed by atoms with Crippen LogP contribution in [0.1, 0.15) is 20.3 Å². The number of Topliss-reactive ketones (excluding diaryl/α,β-unsaturated/α-hetero) is 1. The van der Waals surface area contributed by atoms with Gasteiger partial charge in [0.05, 0.1) is 6.04 Å². The fraction of sp³-hybridized carbons (Fsp3) is 0.556. The van der Waals surface area contributed by atoms with Crippen molar-refractivity contribution in [3.05, 3.63) is 21.7 Å². The summed E-state index contributed by atoms with van der Waals surface area (Å²) in [5, 5.41) is 8.55. The predicted octanol–water partition coefficient (Wildman–Crippen LogP) is 1.23. The topological polar surface area (TPSA) is 107 Å². The van der Waals surface area contributed by atoms with Gasteiger partial charge in [0.1, 0.15) is 0 Å². The molecule has 1 atom stereocenters. The molecule has 0 aromatic rings. The van der Waals surface area contributed by atoms with Gasteiger partial charge in [-0.3, -0.25) is 4.79 Å². The quantitative estimate of drug-likeness (QED) is 0.424. The Hall–Kier alpha value is -2.01. The highest BCUT2D eigenvalue weighted by Gasteiger charge is 2.26. The van der Waals surface area contributed by atoms with Gasteiger partial charge in [-0.05, 0) is 25.8 Å². The molecule has 2 N–H and O–H groups in total. The molecular formula is C9H13N5O2. The van der Waals surface area contributed by atoms with Crippen molar-refractivity contribution in [3.63, 3.8) is 0 Å². The third-order valence-corrected chi connectivity index (χ3v) is 2.32. The number of carbonyl (C=O) groups is 2. The SMILES string of the molecule is CC(=O)C1=C(C)NC(=O)NC1CCN=[N+]=[N-]. The average molecular weight is 223 g/mol. The van der Waals surface area contributed by atoms with Gasteiger partial charge in [-0.15, -0.1) is 0 Å². The molecule has 1 unspecified atom stereocenters. The molecule has 7 heteroatoms. The first-order chi connectivity index (χ1) is 7.56. The lowest BCUT2D eigenvalue weighted by Crippen LogP contribution is -2.49. The molecule has 0 fully saturated rings. The van der Waals surface area contributed by atoms with Crippen LogP contribution in [0.5, 0.6) is 0 Å². The van der Waals surface area contributed by atoms with Crippen molar-refractivity contribution in [2.75, 3.05) is 6.54 Å². The van der Waals surface area contributed by atoms with E-state index in [1.54, 1.807) is 6.92 Å². The summed E-state index contributed by atoms with van der Waals surface area (Å²) in [5.41, 5.74) is 9.25. The van der Waals surface area contributed by atoms with Crippen molar-refractivity contribution in [2.24, 2.45) is 5.11 Å². The van der Waals surface area contributed by atoms with Crippen LogP contribution in [0.2, 0.25) is 0 Å². The summed E-state index contributed by atoms with van der Waals surface area (Å²) < 4.78 is 0. The molecule has 0 radical (unpaired) electrons. The van der Waals surface area contributed by atoms with Gasteiger partial charge in [-0.2, -0.15) is 0 Å². The van der Waals surface area contributed by atoms with Crippen molar-refractivity contribution >= 4 is 11.8 Å². The lowest BCUT2D eigenvalue weighted by atomic mass is 9.97. The number of urea groups is 1. The number of nitrogens with zero attached hydrogens (tertiary/aromatic N) is 3. The number of azide groups is 1. The zero-order chi connectivity index (χ0) is 12.1. The van der Waals surface area contributed by atoms with E-state index in [1.165, 1.54) is 6.92 Å². The van der Waals surface area contributed by atoms with Crippen molar-refractivity contribution in [1.29, 1.82) is 0 Å². The molecule has 0 aromatic heterocycles. The monoisotopic (exact) mass is 223 g/mol. The normalized spacial score (nSPS) is 19.6. The van der Waals surface area contributed by atoms with Gasteiger partial charge in [0, 0.05) is 22.7 Å². The molecule has 0 saturated heterocycles. The molecule has 0 bridgehead atoms. The number of hydrogen-bond donors (Lipinski definition) is 2. The summed E-state index contributed by atoms with van der Waals surface area (Å²) in [5.74, 6) is -0.101. The van der Waals surface area contributed by atoms with Gasteiger partial charge in [0.15, 0.2) is 5.78 Å². The van der Waals surface area contributed by atoms with Crippen LogP contribution in [0.3, 0.4) is 0 Å². The lowest BCUT2D eigenvalue weighted by molar-refractivity contribution is -0.114. The number of allylic oxidation sites excluding steroid dienone is 1. The Morgan fingerprint density at radius 2 is 2.31 bits per heavy atom. The first kappa shape index (κ1) is 12.1. The van der Waals surface area contributed by atoms with Gasteiger partial charge in [-0.25, -0.2) is 4.79 Å². The van der Waals surface area contributed by atoms with E-state index in [9.17, 15) is 9.59 Å². The summed E-state index contributed by atoms with van der Waals surface area (Å²) in [6.45, 7) is 3.36. The fourth-order valence-corrected chi connectivity index (χ4v) is 1.72. The van der Waals surface area contributed by atoms with E-state index in [0.717, 1.165) is 0 Å². The van der Waals surface area contributed by atoms with E-state index in [2.05, 4.69) is 20.7 Å². The van der Waals surface area contributed by atoms with Crippen LogP contribution in [0.15, 0.2) is 16.4 Å². The molecular weight excluding hydrogens is 210 g/mol. The Labute approximate surface area is 92.5 Å². The van der Waals surface area contributed by atoms with Crippen LogP contribution in [-0.4, -0.2) is 24.4 Å². The molecule has 0 aromatic carbocycles. The molecule has 0 saturated carbocycles. The lowest BCUT2D eigenvalue weighted by Gasteiger charge is -2.27. The largest absolute Gasteiger partial charge is 0.331 e. The van der Waals surface area contributed by atoms with Crippen molar-refractivity contribution in [2.45, 2.75) is 26.3 Å². The van der Waals surface area contributed by atoms with Crippen LogP contribution < -0.4 is 10.6 Å². The molecule has 1 rings (SSSR count). The molecule has 1 heterocycles. The smallest absolute Gasteiger partial charge is 0.319 e. The van der Waals surface area contributed by atoms with Crippen LogP contribution in [0.4, 0.5) is 4.79 Å². The van der Waals surface area contributed by atoms with E-state index < -0.39 is 0 Å². The summed E-state index contributed by atoms with van der Waals surface area (Å²) in [4.78, 5) is 25.2. The summed E-state index contributed by atoms with van der Waals surface area (Å²) in [6.07, 6.45) is 0.420. The van der Waals surface area contributed by atoms with E-state index in [4.69, 9.17) is 5.53 Å². The molecule has 1 aliphatic heterocycles. The van der Waals surface area contributed by atoms with Gasteiger partial charge < -0.3 is 10.6 Å². The molecule has 86 valence electrons. The number of amides is 2. The Morgan fingerprint density at radius 3 is 2.88 bits per heavy atom. The Morgan fingerprint density at radius 1 is 1.62 bits per heavy atom. The maximum atomic E-state index is 11.4. The van der Waals surface area contributed by atoms with E-state index in [-0.39, 0.29) is 24.4 Å². The number of hydrogen-bond acceptors (Lipinski definition) is 3. The first-order valence-electron chi connectivity index (χ1n) is 4.86. The molecule has 2 amide bonds. The summed E-state index contributed by atoms with van der Waals surface area (Å²) in [7, 11) is 0. The second-order valence-electron chi connectivity index (χ2n) is 3.49. The molecule has 7 nitrogen and oxygen atoms in total. The number of carbonyl (C=O) groups excluding carboxylic acids is 2. The highest BCUT2D eigenvalue weighted by molar-refractivity contribution is 5.98. The van der Waals surface area contributed by atoms with Crippen LogP contribution in [0, 0.1) is 0 Å². The maximum Gasteiger partial charge on any atom is 0.319 e. The summed E-state index contributed by atoms with van der Waals surface area (Å²) in [6, 6.07) is -0.717. The molecule has 1 aliphatic rings. The molecule has 16 heavy (non-hydrogen) atoms. The Bertz CT molecular complexity index is 395. The standard InChI is InChI=1S/C9H13N5O2/c1-5-8(6(2)15)7(3-4-11-14-10)13-9(16)12-5/h7H,3-4H2,1-2H3,(H2,12,13,16). The highest BCUT2D eigenvalue weighted by atomic mass is 16.2. The summed E-state index contributed by atoms with van der Waals surface area (Å²) >= 11 is 0. The highest BCUT2D eigenvalue weighted by Crippen LogP contribution is 2.15. The van der Waals surface area contributed by atoms with Crippen molar-refractivity contribution < 1.29 is 9.59 Å². The molecule has 0 aliphatic carbocycles. The van der Waals surface area contributed by atoms with Gasteiger partial charge >= 0.3 is 6.03 Å². The van der Waals surface area contributed by atoms with Gasteiger partial charge in [0.2, 0.25) is 0 Å². The van der Waals surface area contributed by atoms with E-state index in [1.807, 2.05) is 0 Å². The molecule has 0 spiro atoms. The Kier molecular flexibility index (Phi) is 3.90. The van der Waals surface area contributed by atoms with Crippen LogP contribution in [-0.2, 0) is 4.79 Å². The predicted molar refractivity (Wildman–Crippen MR) is 57.5 cm³/mol. The minimum Gasteiger partial charge on any atom is -0.331 e. The minimum absolute atomic E-state index is 0.101. The first-order valence-corrected chi connectivity index (χ1v) is 4.86. The van der Waals surface area contributed by atoms with Gasteiger partial charge in [-0.1, -0.05) is 5.11 Å². The second-order valence-corrected chi connectivity index (χ2v) is 3.49. The van der Waals surface area contributed by atoms with Crippen molar-refractivity contribution in [3.8, 4) is 0 Å². The van der Waals surface area contributed by atoms with E-state index >= 15 is 0 Å². The number of nitrogens with one attached hydrogen (secondary N) is 2. The average Bonchev–Trinajstić information content (AvgIpc) is 2.16. The van der Waals surface area contributed by atoms with Crippen LogP contribution in [0.25, 0.3) is 10.4 Å². The van der Waals surface area contributed by atoms with Gasteiger partial charge in [0.25, 0.3) is 0 Å². The zero-order valence-corrected chi connectivity index (χ0v) is 9.15. The fourth-order valence-electron chi connectivity index (χ4n) is 1.72. The van der Waals surface area contributed by atoms with Crippen molar-refractivity contribution in [1.82, 2.24) is 10.6 Å². The van der Waals surface area contributed by atoms with Crippen LogP contribution >= 0.6 is 0 Å².